The Balaban J connectivity index is 1.58. The summed E-state index contributed by atoms with van der Waals surface area (Å²) in [5.41, 5.74) is 0.488. The van der Waals surface area contributed by atoms with Crippen LogP contribution < -0.4 is 10.6 Å². The largest absolute Gasteiger partial charge is 0.352 e. The number of anilines is 1. The Morgan fingerprint density at radius 3 is 2.88 bits per heavy atom. The minimum atomic E-state index is -0.513. The molecule has 6 nitrogen and oxygen atoms in total. The van der Waals surface area contributed by atoms with Crippen LogP contribution in [0, 0.1) is 17.7 Å². The number of aromatic nitrogens is 2. The van der Waals surface area contributed by atoms with Crippen molar-refractivity contribution in [2.45, 2.75) is 26.3 Å². The van der Waals surface area contributed by atoms with Crippen LogP contribution in [0.25, 0.3) is 0 Å². The predicted molar refractivity (Wildman–Crippen MR) is 91.5 cm³/mol. The molecule has 1 aliphatic carbocycles. The molecule has 0 aliphatic heterocycles. The molecule has 2 amide bonds. The first-order valence-electron chi connectivity index (χ1n) is 8.39. The second kappa shape index (κ2) is 7.46. The summed E-state index contributed by atoms with van der Waals surface area (Å²) in [5.74, 6) is -0.684. The monoisotopic (exact) mass is 344 g/mol. The van der Waals surface area contributed by atoms with Gasteiger partial charge in [0.25, 0.3) is 5.91 Å². The maximum atomic E-state index is 13.5. The number of carbonyl (C=O) groups excluding carboxylic acids is 2. The zero-order chi connectivity index (χ0) is 17.8. The number of carbonyl (C=O) groups is 2. The molecule has 1 aromatic carbocycles. The van der Waals surface area contributed by atoms with Crippen LogP contribution >= 0.6 is 0 Å². The van der Waals surface area contributed by atoms with E-state index in [0.29, 0.717) is 18.2 Å². The van der Waals surface area contributed by atoms with E-state index in [1.165, 1.54) is 12.1 Å². The summed E-state index contributed by atoms with van der Waals surface area (Å²) in [6, 6.07) is 3.82. The molecule has 1 saturated carbocycles. The average molecular weight is 344 g/mol. The minimum absolute atomic E-state index is 0.0175. The molecule has 2 N–H and O–H groups in total. The average Bonchev–Trinajstić information content (AvgIpc) is 3.10. The zero-order valence-electron chi connectivity index (χ0n) is 14.0. The molecule has 3 rings (SSSR count). The van der Waals surface area contributed by atoms with E-state index in [2.05, 4.69) is 15.6 Å². The third kappa shape index (κ3) is 4.43. The predicted octanol–water partition coefficient (Wildman–Crippen LogP) is 2.44. The highest BCUT2D eigenvalue weighted by Gasteiger charge is 2.39. The molecule has 0 unspecified atom stereocenters. The number of benzene rings is 1. The maximum absolute atomic E-state index is 13.5. The normalized spacial score (nSPS) is 18.6. The number of halogens is 1. The Kier molecular flexibility index (Phi) is 5.11. The molecule has 1 heterocycles. The van der Waals surface area contributed by atoms with Crippen LogP contribution in [0.3, 0.4) is 0 Å². The van der Waals surface area contributed by atoms with Crippen molar-refractivity contribution in [1.82, 2.24) is 14.9 Å². The Bertz CT molecular complexity index is 760. The molecule has 2 atom stereocenters. The molecule has 0 bridgehead atoms. The van der Waals surface area contributed by atoms with Crippen molar-refractivity contribution in [2.75, 3.05) is 11.9 Å². The summed E-state index contributed by atoms with van der Waals surface area (Å²) in [7, 11) is 0. The van der Waals surface area contributed by atoms with E-state index in [1.807, 2.05) is 17.7 Å². The van der Waals surface area contributed by atoms with Gasteiger partial charge in [0.15, 0.2) is 0 Å². The van der Waals surface area contributed by atoms with E-state index >= 15 is 0 Å². The van der Waals surface area contributed by atoms with Crippen molar-refractivity contribution >= 4 is 17.5 Å². The van der Waals surface area contributed by atoms with Crippen LogP contribution in [-0.2, 0) is 11.3 Å². The molecule has 0 spiro atoms. The van der Waals surface area contributed by atoms with Gasteiger partial charge in [-0.1, -0.05) is 6.92 Å². The maximum Gasteiger partial charge on any atom is 0.253 e. The lowest BCUT2D eigenvalue weighted by Crippen LogP contribution is -2.27. The van der Waals surface area contributed by atoms with Crippen molar-refractivity contribution < 1.29 is 14.0 Å². The van der Waals surface area contributed by atoms with E-state index in [1.54, 1.807) is 12.5 Å². The summed E-state index contributed by atoms with van der Waals surface area (Å²) >= 11 is 0. The van der Waals surface area contributed by atoms with Gasteiger partial charge in [-0.2, -0.15) is 0 Å². The molecule has 0 saturated heterocycles. The smallest absolute Gasteiger partial charge is 0.253 e. The fraction of sp³-hybridized carbons (Fsp3) is 0.389. The van der Waals surface area contributed by atoms with Crippen LogP contribution in [0.5, 0.6) is 0 Å². The Labute approximate surface area is 145 Å². The molecule has 1 aliphatic rings. The number of amides is 2. The first-order valence-corrected chi connectivity index (χ1v) is 8.39. The Morgan fingerprint density at radius 1 is 1.40 bits per heavy atom. The van der Waals surface area contributed by atoms with Gasteiger partial charge in [-0.3, -0.25) is 9.59 Å². The quantitative estimate of drug-likeness (QED) is 0.758. The fourth-order valence-electron chi connectivity index (χ4n) is 2.70. The Morgan fingerprint density at radius 2 is 2.20 bits per heavy atom. The van der Waals surface area contributed by atoms with Crippen molar-refractivity contribution in [2.24, 2.45) is 11.8 Å². The lowest BCUT2D eigenvalue weighted by molar-refractivity contribution is -0.117. The lowest BCUT2D eigenvalue weighted by atomic mass is 10.1. The lowest BCUT2D eigenvalue weighted by Gasteiger charge is -2.12. The van der Waals surface area contributed by atoms with Crippen molar-refractivity contribution in [3.8, 4) is 0 Å². The summed E-state index contributed by atoms with van der Waals surface area (Å²) in [6.07, 6.45) is 6.82. The SMILES string of the molecule is C[C@@H]1C[C@H]1C(=O)Nc1ccc(F)cc1C(=O)NCCCn1ccnc1. The fourth-order valence-corrected chi connectivity index (χ4v) is 2.70. The second-order valence-electron chi connectivity index (χ2n) is 6.41. The topological polar surface area (TPSA) is 76.0 Å². The van der Waals surface area contributed by atoms with Gasteiger partial charge in [-0.15, -0.1) is 0 Å². The van der Waals surface area contributed by atoms with Gasteiger partial charge >= 0.3 is 0 Å². The highest BCUT2D eigenvalue weighted by atomic mass is 19.1. The second-order valence-corrected chi connectivity index (χ2v) is 6.41. The van der Waals surface area contributed by atoms with Gasteiger partial charge in [0.2, 0.25) is 5.91 Å². The summed E-state index contributed by atoms with van der Waals surface area (Å²) in [6.45, 7) is 3.18. The zero-order valence-corrected chi connectivity index (χ0v) is 14.0. The molecular weight excluding hydrogens is 323 g/mol. The van der Waals surface area contributed by atoms with Crippen molar-refractivity contribution in [3.05, 3.63) is 48.3 Å². The third-order valence-corrected chi connectivity index (χ3v) is 4.37. The van der Waals surface area contributed by atoms with E-state index in [9.17, 15) is 14.0 Å². The molecule has 2 aromatic rings. The third-order valence-electron chi connectivity index (χ3n) is 4.37. The highest BCUT2D eigenvalue weighted by Crippen LogP contribution is 2.38. The van der Waals surface area contributed by atoms with Crippen LogP contribution in [0.15, 0.2) is 36.9 Å². The summed E-state index contributed by atoms with van der Waals surface area (Å²) < 4.78 is 15.5. The van der Waals surface area contributed by atoms with Crippen molar-refractivity contribution in [3.63, 3.8) is 0 Å². The van der Waals surface area contributed by atoms with E-state index in [0.717, 1.165) is 25.5 Å². The Hall–Kier alpha value is -2.70. The van der Waals surface area contributed by atoms with Crippen LogP contribution in [0.2, 0.25) is 0 Å². The number of rotatable bonds is 7. The van der Waals surface area contributed by atoms with Crippen LogP contribution in [0.1, 0.15) is 30.1 Å². The molecule has 132 valence electrons. The molecule has 7 heteroatoms. The molecule has 25 heavy (non-hydrogen) atoms. The van der Waals surface area contributed by atoms with Gasteiger partial charge < -0.3 is 15.2 Å². The first-order chi connectivity index (χ1) is 12.0. The standard InChI is InChI=1S/C18H21FN4O2/c1-12-9-14(12)18(25)22-16-4-3-13(19)10-15(16)17(24)21-5-2-7-23-8-6-20-11-23/h3-4,6,8,10-12,14H,2,5,7,9H2,1H3,(H,21,24)(H,22,25)/t12-,14-/m1/s1. The first kappa shape index (κ1) is 17.1. The van der Waals surface area contributed by atoms with Gasteiger partial charge in [-0.25, -0.2) is 9.37 Å². The number of nitrogens with zero attached hydrogens (tertiary/aromatic N) is 2. The van der Waals surface area contributed by atoms with E-state index < -0.39 is 11.7 Å². The van der Waals surface area contributed by atoms with Crippen LogP contribution in [0.4, 0.5) is 10.1 Å². The van der Waals surface area contributed by atoms with Gasteiger partial charge in [0, 0.05) is 31.4 Å². The highest BCUT2D eigenvalue weighted by molar-refractivity contribution is 6.04. The number of imidazole rings is 1. The molecule has 0 radical (unpaired) electrons. The molecule has 1 aromatic heterocycles. The van der Waals surface area contributed by atoms with Gasteiger partial charge in [0.1, 0.15) is 5.82 Å². The van der Waals surface area contributed by atoms with Gasteiger partial charge in [-0.05, 0) is 37.0 Å². The van der Waals surface area contributed by atoms with Crippen molar-refractivity contribution in [1.29, 1.82) is 0 Å². The van der Waals surface area contributed by atoms with Gasteiger partial charge in [0.05, 0.1) is 17.6 Å². The number of hydrogen-bond donors (Lipinski definition) is 2. The van der Waals surface area contributed by atoms with Crippen LogP contribution in [-0.4, -0.2) is 27.9 Å². The molecule has 1 fully saturated rings. The summed E-state index contributed by atoms with van der Waals surface area (Å²) in [5, 5.41) is 5.51. The van der Waals surface area contributed by atoms with E-state index in [4.69, 9.17) is 0 Å². The number of hydrogen-bond acceptors (Lipinski definition) is 3. The molecular formula is C18H21FN4O2. The minimum Gasteiger partial charge on any atom is -0.352 e. The number of nitrogens with one attached hydrogen (secondary N) is 2. The van der Waals surface area contributed by atoms with E-state index in [-0.39, 0.29) is 17.4 Å². The number of aryl methyl sites for hydroxylation is 1. The summed E-state index contributed by atoms with van der Waals surface area (Å²) in [4.78, 5) is 28.4.